The van der Waals surface area contributed by atoms with E-state index in [1.165, 1.54) is 5.57 Å². The van der Waals surface area contributed by atoms with Crippen molar-refractivity contribution in [3.63, 3.8) is 0 Å². The summed E-state index contributed by atoms with van der Waals surface area (Å²) in [6.45, 7) is 2.82. The summed E-state index contributed by atoms with van der Waals surface area (Å²) in [7, 11) is 0. The predicted octanol–water partition coefficient (Wildman–Crippen LogP) is 0.382. The summed E-state index contributed by atoms with van der Waals surface area (Å²) in [4.78, 5) is 0. The zero-order valence-corrected chi connectivity index (χ0v) is 13.2. The van der Waals surface area contributed by atoms with Crippen molar-refractivity contribution in [2.75, 3.05) is 6.61 Å². The number of ether oxygens (including phenoxy) is 1. The standard InChI is InChI=1S/C12H12FI2O/c1-8-2-5-12(16-7-8)15-9-3-4-11(14)10(13)6-9/h2-4,6,12H,5,7H2,1H3/q-1. The van der Waals surface area contributed by atoms with Crippen LogP contribution in [0.2, 0.25) is 0 Å². The average molecular weight is 445 g/mol. The molecule has 0 N–H and O–H groups in total. The van der Waals surface area contributed by atoms with Gasteiger partial charge in [-0.15, -0.1) is 0 Å². The van der Waals surface area contributed by atoms with Gasteiger partial charge in [0.25, 0.3) is 0 Å². The molecular weight excluding hydrogens is 433 g/mol. The fourth-order valence-corrected chi connectivity index (χ4v) is 4.24. The molecule has 2 rings (SSSR count). The Balaban J connectivity index is 2.02. The van der Waals surface area contributed by atoms with Crippen LogP contribution >= 0.6 is 22.6 Å². The van der Waals surface area contributed by atoms with Crippen molar-refractivity contribution in [2.24, 2.45) is 0 Å². The van der Waals surface area contributed by atoms with Crippen LogP contribution in [0.15, 0.2) is 29.8 Å². The minimum atomic E-state index is -0.253. The summed E-state index contributed by atoms with van der Waals surface area (Å²) >= 11 is 1.76. The van der Waals surface area contributed by atoms with Gasteiger partial charge in [-0.05, 0) is 0 Å². The van der Waals surface area contributed by atoms with E-state index in [2.05, 4.69) is 13.0 Å². The van der Waals surface area contributed by atoms with Crippen LogP contribution in [0.3, 0.4) is 0 Å². The molecule has 0 fully saturated rings. The summed E-state index contributed by atoms with van der Waals surface area (Å²) < 4.78 is 21.2. The van der Waals surface area contributed by atoms with E-state index in [9.17, 15) is 4.39 Å². The van der Waals surface area contributed by atoms with Gasteiger partial charge in [-0.1, -0.05) is 0 Å². The van der Waals surface area contributed by atoms with Gasteiger partial charge in [-0.25, -0.2) is 0 Å². The fourth-order valence-electron chi connectivity index (χ4n) is 1.40. The zero-order valence-electron chi connectivity index (χ0n) is 8.84. The van der Waals surface area contributed by atoms with Crippen molar-refractivity contribution in [1.29, 1.82) is 0 Å². The van der Waals surface area contributed by atoms with Gasteiger partial charge in [0.05, 0.1) is 0 Å². The molecule has 0 saturated carbocycles. The van der Waals surface area contributed by atoms with Gasteiger partial charge in [0, 0.05) is 0 Å². The molecule has 1 aliphatic heterocycles. The molecule has 0 spiro atoms. The van der Waals surface area contributed by atoms with E-state index in [-0.39, 0.29) is 27.0 Å². The number of hydrogen-bond donors (Lipinski definition) is 0. The van der Waals surface area contributed by atoms with Crippen LogP contribution in [-0.2, 0) is 4.74 Å². The molecule has 0 aliphatic carbocycles. The van der Waals surface area contributed by atoms with E-state index in [4.69, 9.17) is 4.74 Å². The van der Waals surface area contributed by atoms with Crippen molar-refractivity contribution in [3.8, 4) is 0 Å². The van der Waals surface area contributed by atoms with Crippen LogP contribution in [0.25, 0.3) is 0 Å². The molecule has 0 amide bonds. The van der Waals surface area contributed by atoms with Gasteiger partial charge in [0.2, 0.25) is 0 Å². The van der Waals surface area contributed by atoms with E-state index in [0.717, 1.165) is 16.6 Å². The van der Waals surface area contributed by atoms with E-state index in [0.29, 0.717) is 7.68 Å². The molecule has 0 bridgehead atoms. The summed E-state index contributed by atoms with van der Waals surface area (Å²) in [5, 5.41) is 0. The summed E-state index contributed by atoms with van der Waals surface area (Å²) in [5.41, 5.74) is 1.30. The molecule has 1 unspecified atom stereocenters. The maximum absolute atomic E-state index is 13.4. The fraction of sp³-hybridized carbons (Fsp3) is 0.333. The topological polar surface area (TPSA) is 9.23 Å². The Labute approximate surface area is 119 Å². The molecule has 0 aromatic heterocycles. The molecule has 4 heteroatoms. The third kappa shape index (κ3) is 3.40. The molecule has 1 heterocycles. The van der Waals surface area contributed by atoms with Gasteiger partial charge >= 0.3 is 120 Å². The van der Waals surface area contributed by atoms with Crippen molar-refractivity contribution in [2.45, 2.75) is 17.5 Å². The SMILES string of the molecule is CC1=CCC([I-]c2ccc(I)c(F)c2)OC1. The summed E-state index contributed by atoms with van der Waals surface area (Å²) in [6.07, 6.45) is 3.21. The Kier molecular flexibility index (Phi) is 4.60. The van der Waals surface area contributed by atoms with Crippen LogP contribution in [-0.4, -0.2) is 10.7 Å². The van der Waals surface area contributed by atoms with E-state index >= 15 is 0 Å². The van der Waals surface area contributed by atoms with Crippen LogP contribution in [0, 0.1) is 13.0 Å². The normalized spacial score (nSPS) is 20.9. The number of alkyl halides is 1. The quantitative estimate of drug-likeness (QED) is 0.277. The molecule has 88 valence electrons. The molecule has 1 aliphatic rings. The Morgan fingerprint density at radius 2 is 2.31 bits per heavy atom. The molecule has 0 radical (unpaired) electrons. The Morgan fingerprint density at radius 3 is 2.94 bits per heavy atom. The first-order valence-corrected chi connectivity index (χ1v) is 8.41. The monoisotopic (exact) mass is 445 g/mol. The Hall–Kier alpha value is 0.310. The average Bonchev–Trinajstić information content (AvgIpc) is 2.27. The predicted molar refractivity (Wildman–Crippen MR) is 65.9 cm³/mol. The molecule has 1 nitrogen and oxygen atoms in total. The number of benzene rings is 1. The van der Waals surface area contributed by atoms with Gasteiger partial charge < -0.3 is 0 Å². The van der Waals surface area contributed by atoms with E-state index in [1.54, 1.807) is 6.07 Å². The van der Waals surface area contributed by atoms with Gasteiger partial charge in [-0.2, -0.15) is 0 Å². The maximum atomic E-state index is 13.4. The van der Waals surface area contributed by atoms with Crippen molar-refractivity contribution in [1.82, 2.24) is 0 Å². The van der Waals surface area contributed by atoms with E-state index < -0.39 is 0 Å². The molecule has 16 heavy (non-hydrogen) atoms. The van der Waals surface area contributed by atoms with Crippen molar-refractivity contribution < 1.29 is 30.3 Å². The third-order valence-corrected chi connectivity index (χ3v) is 6.10. The van der Waals surface area contributed by atoms with Crippen molar-refractivity contribution in [3.05, 3.63) is 42.8 Å². The second-order valence-electron chi connectivity index (χ2n) is 3.67. The van der Waals surface area contributed by atoms with Crippen molar-refractivity contribution >= 4 is 22.6 Å². The molecule has 0 saturated heterocycles. The molecule has 1 aromatic rings. The van der Waals surface area contributed by atoms with Gasteiger partial charge in [0.15, 0.2) is 0 Å². The van der Waals surface area contributed by atoms with Crippen LogP contribution in [0.1, 0.15) is 13.3 Å². The molecule has 1 aromatic carbocycles. The first-order valence-electron chi connectivity index (χ1n) is 5.01. The second kappa shape index (κ2) is 5.77. The Bertz CT molecular complexity index is 417. The third-order valence-electron chi connectivity index (χ3n) is 2.27. The molecule has 1 atom stereocenters. The van der Waals surface area contributed by atoms with Crippen LogP contribution in [0.4, 0.5) is 4.39 Å². The number of hydrogen-bond acceptors (Lipinski definition) is 1. The summed E-state index contributed by atoms with van der Waals surface area (Å²) in [6, 6.07) is 5.52. The van der Waals surface area contributed by atoms with Crippen LogP contribution < -0.4 is 21.2 Å². The zero-order chi connectivity index (χ0) is 11.5. The van der Waals surface area contributed by atoms with Gasteiger partial charge in [-0.3, -0.25) is 0 Å². The number of rotatable bonds is 2. The number of halogens is 3. The first-order chi connectivity index (χ1) is 7.65. The first kappa shape index (κ1) is 12.8. The van der Waals surface area contributed by atoms with Crippen LogP contribution in [0.5, 0.6) is 0 Å². The summed E-state index contributed by atoms with van der Waals surface area (Å²) in [5.74, 6) is -0.111. The molecular formula is C12H12FI2O-. The Morgan fingerprint density at radius 1 is 1.50 bits per heavy atom. The minimum absolute atomic E-state index is 0.111. The second-order valence-corrected chi connectivity index (χ2v) is 8.09. The van der Waals surface area contributed by atoms with Gasteiger partial charge in [0.1, 0.15) is 0 Å². The van der Waals surface area contributed by atoms with E-state index in [1.807, 2.05) is 34.7 Å².